The first-order valence-corrected chi connectivity index (χ1v) is 8.96. The third-order valence-electron chi connectivity index (χ3n) is 4.89. The van der Waals surface area contributed by atoms with Gasteiger partial charge in [-0.15, -0.1) is 0 Å². The van der Waals surface area contributed by atoms with Crippen LogP contribution in [0.1, 0.15) is 63.1 Å². The van der Waals surface area contributed by atoms with Crippen molar-refractivity contribution in [2.45, 2.75) is 69.4 Å². The summed E-state index contributed by atoms with van der Waals surface area (Å²) in [5, 5.41) is 4.32. The van der Waals surface area contributed by atoms with Crippen LogP contribution in [-0.2, 0) is 4.79 Å². The predicted octanol–water partition coefficient (Wildman–Crippen LogP) is 2.76. The summed E-state index contributed by atoms with van der Waals surface area (Å²) >= 11 is 1.45. The zero-order chi connectivity index (χ0) is 14.2. The number of hydrogen-bond donors (Lipinski definition) is 1. The Labute approximate surface area is 129 Å². The Hall–Kier alpha value is -1.17. The summed E-state index contributed by atoms with van der Waals surface area (Å²) in [4.78, 5) is 18.7. The number of anilines is 1. The summed E-state index contributed by atoms with van der Waals surface area (Å²) in [5.74, 6) is 1.87. The Kier molecular flexibility index (Phi) is 3.57. The van der Waals surface area contributed by atoms with Crippen LogP contribution < -0.4 is 5.32 Å². The lowest BCUT2D eigenvalue weighted by Crippen LogP contribution is -2.29. The van der Waals surface area contributed by atoms with E-state index in [2.05, 4.69) is 14.7 Å². The fraction of sp³-hybridized carbons (Fsp3) is 0.800. The molecule has 21 heavy (non-hydrogen) atoms. The van der Waals surface area contributed by atoms with Gasteiger partial charge in [0.1, 0.15) is 5.82 Å². The molecule has 1 aliphatic heterocycles. The fourth-order valence-electron chi connectivity index (χ4n) is 3.56. The molecule has 5 nitrogen and oxygen atoms in total. The van der Waals surface area contributed by atoms with Crippen LogP contribution in [0.15, 0.2) is 0 Å². The van der Waals surface area contributed by atoms with Crippen LogP contribution in [0.25, 0.3) is 0 Å². The summed E-state index contributed by atoms with van der Waals surface area (Å²) in [5.41, 5.74) is 0. The van der Waals surface area contributed by atoms with Gasteiger partial charge in [0.25, 0.3) is 0 Å². The van der Waals surface area contributed by atoms with Crippen LogP contribution in [0.3, 0.4) is 0 Å². The molecule has 1 unspecified atom stereocenters. The zero-order valence-electron chi connectivity index (χ0n) is 12.3. The van der Waals surface area contributed by atoms with Crippen molar-refractivity contribution >= 4 is 22.6 Å². The van der Waals surface area contributed by atoms with Crippen molar-refractivity contribution in [3.63, 3.8) is 0 Å². The number of nitrogens with one attached hydrogen (secondary N) is 1. The quantitative estimate of drug-likeness (QED) is 0.929. The second-order valence-corrected chi connectivity index (χ2v) is 7.37. The molecule has 1 N–H and O–H groups in total. The SMILES string of the molecule is O=C1CC(Nc2nc(C3CCCCC3)ns2)CN1C1CC1. The van der Waals surface area contributed by atoms with Gasteiger partial charge in [-0.1, -0.05) is 19.3 Å². The molecule has 3 aliphatic rings. The molecule has 1 aromatic heterocycles. The van der Waals surface area contributed by atoms with Gasteiger partial charge in [0, 0.05) is 36.5 Å². The first-order chi connectivity index (χ1) is 10.3. The van der Waals surface area contributed by atoms with E-state index in [0.717, 1.165) is 17.5 Å². The van der Waals surface area contributed by atoms with Crippen LogP contribution in [-0.4, -0.2) is 38.8 Å². The molecule has 2 saturated carbocycles. The van der Waals surface area contributed by atoms with Crippen molar-refractivity contribution in [2.75, 3.05) is 11.9 Å². The minimum absolute atomic E-state index is 0.213. The van der Waals surface area contributed by atoms with Gasteiger partial charge in [-0.05, 0) is 25.7 Å². The van der Waals surface area contributed by atoms with Gasteiger partial charge in [0.15, 0.2) is 0 Å². The van der Waals surface area contributed by atoms with Crippen LogP contribution in [0.4, 0.5) is 5.13 Å². The minimum Gasteiger partial charge on any atom is -0.355 e. The van der Waals surface area contributed by atoms with E-state index in [9.17, 15) is 4.79 Å². The van der Waals surface area contributed by atoms with Crippen molar-refractivity contribution < 1.29 is 4.79 Å². The average molecular weight is 306 g/mol. The van der Waals surface area contributed by atoms with Crippen LogP contribution in [0.5, 0.6) is 0 Å². The Morgan fingerprint density at radius 1 is 1.14 bits per heavy atom. The van der Waals surface area contributed by atoms with Gasteiger partial charge in [-0.2, -0.15) is 4.37 Å². The zero-order valence-corrected chi connectivity index (χ0v) is 13.1. The number of carbonyl (C=O) groups excluding carboxylic acids is 1. The molecular formula is C15H22N4OS. The number of nitrogens with zero attached hydrogens (tertiary/aromatic N) is 3. The minimum atomic E-state index is 0.213. The summed E-state index contributed by atoms with van der Waals surface area (Å²) in [7, 11) is 0. The highest BCUT2D eigenvalue weighted by Crippen LogP contribution is 2.34. The lowest BCUT2D eigenvalue weighted by Gasteiger charge is -2.18. The van der Waals surface area contributed by atoms with E-state index in [4.69, 9.17) is 0 Å². The normalized spacial score (nSPS) is 27.3. The number of hydrogen-bond acceptors (Lipinski definition) is 5. The fourth-order valence-corrected chi connectivity index (χ4v) is 4.29. The maximum absolute atomic E-state index is 12.0. The molecule has 1 saturated heterocycles. The van der Waals surface area contributed by atoms with E-state index >= 15 is 0 Å². The largest absolute Gasteiger partial charge is 0.355 e. The number of carbonyl (C=O) groups is 1. The Balaban J connectivity index is 1.36. The summed E-state index contributed by atoms with van der Waals surface area (Å²) in [6, 6.07) is 0.738. The van der Waals surface area contributed by atoms with Gasteiger partial charge in [-0.25, -0.2) is 4.98 Å². The molecule has 4 rings (SSSR count). The third-order valence-corrected chi connectivity index (χ3v) is 5.55. The standard InChI is InChI=1S/C15H22N4OS/c20-13-8-11(9-19(13)12-6-7-12)16-15-17-14(18-21-15)10-4-2-1-3-5-10/h10-12H,1-9H2,(H,16,17,18). The topological polar surface area (TPSA) is 58.1 Å². The molecule has 1 atom stereocenters. The number of aromatic nitrogens is 2. The molecule has 1 amide bonds. The number of amides is 1. The van der Waals surface area contributed by atoms with Crippen LogP contribution in [0, 0.1) is 0 Å². The Morgan fingerprint density at radius 2 is 1.95 bits per heavy atom. The van der Waals surface area contributed by atoms with Gasteiger partial charge < -0.3 is 10.2 Å². The molecular weight excluding hydrogens is 284 g/mol. The lowest BCUT2D eigenvalue weighted by atomic mass is 9.89. The van der Waals surface area contributed by atoms with Crippen molar-refractivity contribution in [1.82, 2.24) is 14.3 Å². The molecule has 2 heterocycles. The average Bonchev–Trinajstić information content (AvgIpc) is 3.13. The highest BCUT2D eigenvalue weighted by atomic mass is 32.1. The third kappa shape index (κ3) is 2.91. The van der Waals surface area contributed by atoms with Crippen molar-refractivity contribution in [1.29, 1.82) is 0 Å². The van der Waals surface area contributed by atoms with E-state index in [0.29, 0.717) is 24.3 Å². The maximum Gasteiger partial charge on any atom is 0.225 e. The molecule has 0 spiro atoms. The molecule has 6 heteroatoms. The van der Waals surface area contributed by atoms with Gasteiger partial charge in [-0.3, -0.25) is 4.79 Å². The predicted molar refractivity (Wildman–Crippen MR) is 82.5 cm³/mol. The molecule has 3 fully saturated rings. The van der Waals surface area contributed by atoms with E-state index in [1.807, 2.05) is 4.90 Å². The molecule has 0 aromatic carbocycles. The maximum atomic E-state index is 12.0. The first kappa shape index (κ1) is 13.5. The molecule has 2 aliphatic carbocycles. The second-order valence-electron chi connectivity index (χ2n) is 6.62. The van der Waals surface area contributed by atoms with Crippen molar-refractivity contribution in [2.24, 2.45) is 0 Å². The monoisotopic (exact) mass is 306 g/mol. The van der Waals surface area contributed by atoms with Crippen molar-refractivity contribution in [3.05, 3.63) is 5.82 Å². The van der Waals surface area contributed by atoms with E-state index in [-0.39, 0.29) is 6.04 Å². The van der Waals surface area contributed by atoms with E-state index < -0.39 is 0 Å². The number of likely N-dealkylation sites (tertiary alicyclic amines) is 1. The Morgan fingerprint density at radius 3 is 2.71 bits per heavy atom. The van der Waals surface area contributed by atoms with Crippen LogP contribution >= 0.6 is 11.5 Å². The lowest BCUT2D eigenvalue weighted by molar-refractivity contribution is -0.128. The molecule has 0 bridgehead atoms. The van der Waals surface area contributed by atoms with Gasteiger partial charge in [0.2, 0.25) is 11.0 Å². The van der Waals surface area contributed by atoms with E-state index in [1.165, 1.54) is 56.5 Å². The number of rotatable bonds is 4. The second kappa shape index (κ2) is 5.55. The van der Waals surface area contributed by atoms with Crippen LogP contribution in [0.2, 0.25) is 0 Å². The summed E-state index contributed by atoms with van der Waals surface area (Å²) in [6.45, 7) is 0.835. The van der Waals surface area contributed by atoms with Gasteiger partial charge in [0.05, 0.1) is 6.04 Å². The smallest absolute Gasteiger partial charge is 0.225 e. The Bertz CT molecular complexity index is 521. The summed E-state index contributed by atoms with van der Waals surface area (Å²) < 4.78 is 4.54. The first-order valence-electron chi connectivity index (χ1n) is 8.19. The summed E-state index contributed by atoms with van der Waals surface area (Å²) in [6.07, 6.45) is 9.40. The van der Waals surface area contributed by atoms with E-state index in [1.54, 1.807) is 0 Å². The highest BCUT2D eigenvalue weighted by molar-refractivity contribution is 7.09. The van der Waals surface area contributed by atoms with Crippen molar-refractivity contribution in [3.8, 4) is 0 Å². The van der Waals surface area contributed by atoms with Gasteiger partial charge >= 0.3 is 0 Å². The molecule has 0 radical (unpaired) electrons. The highest BCUT2D eigenvalue weighted by Gasteiger charge is 2.39. The molecule has 1 aromatic rings. The molecule has 114 valence electrons.